The number of primary amides is 1. The molecule has 5 N–H and O–H groups in total. The Balaban J connectivity index is 2.07. The number of anilines is 1. The number of hydrogen-bond acceptors (Lipinski definition) is 4. The Kier molecular flexibility index (Phi) is 4.15. The Morgan fingerprint density at radius 3 is 2.89 bits per heavy atom. The highest BCUT2D eigenvalue weighted by molar-refractivity contribution is 5.93. The average molecular weight is 248 g/mol. The maximum atomic E-state index is 11.1. The standard InChI is InChI=1S/C13H20N4O/c14-10-4-2-1-3-5-11(10)17-12-8-9(13(15)18)6-7-16-12/h6-8,10-11H,1-5,14H2,(H2,15,18)(H,16,17). The van der Waals surface area contributed by atoms with E-state index in [4.69, 9.17) is 11.5 Å². The van der Waals surface area contributed by atoms with E-state index in [0.717, 1.165) is 12.8 Å². The fourth-order valence-electron chi connectivity index (χ4n) is 2.37. The van der Waals surface area contributed by atoms with Crippen molar-refractivity contribution in [3.05, 3.63) is 23.9 Å². The van der Waals surface area contributed by atoms with Gasteiger partial charge < -0.3 is 16.8 Å². The van der Waals surface area contributed by atoms with Crippen molar-refractivity contribution in [1.82, 2.24) is 4.98 Å². The Morgan fingerprint density at radius 1 is 1.33 bits per heavy atom. The normalized spacial score (nSPS) is 24.3. The highest BCUT2D eigenvalue weighted by Gasteiger charge is 2.20. The first-order valence-electron chi connectivity index (χ1n) is 6.45. The van der Waals surface area contributed by atoms with E-state index in [1.165, 1.54) is 19.3 Å². The van der Waals surface area contributed by atoms with Crippen molar-refractivity contribution in [3.63, 3.8) is 0 Å². The zero-order valence-corrected chi connectivity index (χ0v) is 10.4. The van der Waals surface area contributed by atoms with E-state index in [-0.39, 0.29) is 12.1 Å². The van der Waals surface area contributed by atoms with Gasteiger partial charge in [0, 0.05) is 23.8 Å². The highest BCUT2D eigenvalue weighted by Crippen LogP contribution is 2.20. The third-order valence-corrected chi connectivity index (χ3v) is 3.45. The van der Waals surface area contributed by atoms with Gasteiger partial charge in [-0.25, -0.2) is 4.98 Å². The predicted octanol–water partition coefficient (Wildman–Crippen LogP) is 1.25. The summed E-state index contributed by atoms with van der Waals surface area (Å²) in [6.07, 6.45) is 7.27. The predicted molar refractivity (Wildman–Crippen MR) is 71.2 cm³/mol. The summed E-state index contributed by atoms with van der Waals surface area (Å²) in [5, 5.41) is 3.32. The number of nitrogens with two attached hydrogens (primary N) is 2. The summed E-state index contributed by atoms with van der Waals surface area (Å²) in [6, 6.07) is 3.66. The van der Waals surface area contributed by atoms with Gasteiger partial charge in [0.15, 0.2) is 0 Å². The number of aromatic nitrogens is 1. The van der Waals surface area contributed by atoms with Crippen LogP contribution in [-0.4, -0.2) is 23.0 Å². The lowest BCUT2D eigenvalue weighted by Crippen LogP contribution is -2.39. The van der Waals surface area contributed by atoms with Crippen LogP contribution in [0.25, 0.3) is 0 Å². The number of pyridine rings is 1. The van der Waals surface area contributed by atoms with Gasteiger partial charge >= 0.3 is 0 Å². The molecule has 0 aliphatic heterocycles. The molecule has 5 nitrogen and oxygen atoms in total. The number of hydrogen-bond donors (Lipinski definition) is 3. The molecular formula is C13H20N4O. The van der Waals surface area contributed by atoms with E-state index in [0.29, 0.717) is 11.4 Å². The smallest absolute Gasteiger partial charge is 0.248 e. The lowest BCUT2D eigenvalue weighted by atomic mass is 10.0. The third-order valence-electron chi connectivity index (χ3n) is 3.45. The van der Waals surface area contributed by atoms with Gasteiger partial charge in [0.25, 0.3) is 0 Å². The molecule has 18 heavy (non-hydrogen) atoms. The minimum atomic E-state index is -0.439. The van der Waals surface area contributed by atoms with Gasteiger partial charge in [-0.15, -0.1) is 0 Å². The zero-order valence-electron chi connectivity index (χ0n) is 10.4. The Labute approximate surface area is 107 Å². The molecule has 0 aromatic carbocycles. The van der Waals surface area contributed by atoms with Crippen molar-refractivity contribution in [2.24, 2.45) is 11.5 Å². The Morgan fingerprint density at radius 2 is 2.11 bits per heavy atom. The number of carbonyl (C=O) groups excluding carboxylic acids is 1. The van der Waals surface area contributed by atoms with Crippen molar-refractivity contribution in [3.8, 4) is 0 Å². The number of nitrogens with one attached hydrogen (secondary N) is 1. The average Bonchev–Trinajstić information content (AvgIpc) is 2.55. The molecule has 1 saturated carbocycles. The van der Waals surface area contributed by atoms with Crippen molar-refractivity contribution in [2.45, 2.75) is 44.2 Å². The topological polar surface area (TPSA) is 94.0 Å². The molecule has 1 amide bonds. The van der Waals surface area contributed by atoms with Gasteiger partial charge in [0.1, 0.15) is 5.82 Å². The van der Waals surface area contributed by atoms with Gasteiger partial charge in [-0.3, -0.25) is 4.79 Å². The largest absolute Gasteiger partial charge is 0.366 e. The Bertz CT molecular complexity index is 421. The quantitative estimate of drug-likeness (QED) is 0.702. The molecule has 0 saturated heterocycles. The lowest BCUT2D eigenvalue weighted by molar-refractivity contribution is 0.1000. The van der Waals surface area contributed by atoms with Gasteiger partial charge in [-0.2, -0.15) is 0 Å². The molecule has 0 spiro atoms. The summed E-state index contributed by atoms with van der Waals surface area (Å²) >= 11 is 0. The van der Waals surface area contributed by atoms with Crippen LogP contribution in [0.5, 0.6) is 0 Å². The summed E-state index contributed by atoms with van der Waals surface area (Å²) < 4.78 is 0. The van der Waals surface area contributed by atoms with Crippen LogP contribution in [0.4, 0.5) is 5.82 Å². The van der Waals surface area contributed by atoms with Crippen LogP contribution < -0.4 is 16.8 Å². The molecule has 1 heterocycles. The van der Waals surface area contributed by atoms with Gasteiger partial charge in [0.2, 0.25) is 5.91 Å². The van der Waals surface area contributed by atoms with Crippen molar-refractivity contribution >= 4 is 11.7 Å². The number of amides is 1. The van der Waals surface area contributed by atoms with Gasteiger partial charge in [-0.05, 0) is 25.0 Å². The van der Waals surface area contributed by atoms with E-state index < -0.39 is 5.91 Å². The van der Waals surface area contributed by atoms with E-state index >= 15 is 0 Å². The molecule has 2 rings (SSSR count). The minimum Gasteiger partial charge on any atom is -0.366 e. The molecule has 2 unspecified atom stereocenters. The molecule has 0 radical (unpaired) electrons. The highest BCUT2D eigenvalue weighted by atomic mass is 16.1. The molecule has 0 bridgehead atoms. The molecule has 98 valence electrons. The second-order valence-electron chi connectivity index (χ2n) is 4.85. The fourth-order valence-corrected chi connectivity index (χ4v) is 2.37. The van der Waals surface area contributed by atoms with Crippen molar-refractivity contribution < 1.29 is 4.79 Å². The third kappa shape index (κ3) is 3.20. The first kappa shape index (κ1) is 12.8. The maximum absolute atomic E-state index is 11.1. The lowest BCUT2D eigenvalue weighted by Gasteiger charge is -2.23. The monoisotopic (exact) mass is 248 g/mol. The molecule has 2 atom stereocenters. The molecular weight excluding hydrogens is 228 g/mol. The second kappa shape index (κ2) is 5.82. The molecule has 5 heteroatoms. The van der Waals surface area contributed by atoms with Crippen molar-refractivity contribution in [1.29, 1.82) is 0 Å². The van der Waals surface area contributed by atoms with Crippen LogP contribution in [0.15, 0.2) is 18.3 Å². The molecule has 1 aliphatic rings. The summed E-state index contributed by atoms with van der Waals surface area (Å²) in [4.78, 5) is 15.3. The van der Waals surface area contributed by atoms with Crippen LogP contribution in [0, 0.1) is 0 Å². The number of nitrogens with zero attached hydrogens (tertiary/aromatic N) is 1. The van der Waals surface area contributed by atoms with Crippen LogP contribution in [0.1, 0.15) is 42.5 Å². The SMILES string of the molecule is NC(=O)c1ccnc(NC2CCCCCC2N)c1. The van der Waals surface area contributed by atoms with Crippen molar-refractivity contribution in [2.75, 3.05) is 5.32 Å². The molecule has 1 aliphatic carbocycles. The second-order valence-corrected chi connectivity index (χ2v) is 4.85. The summed E-state index contributed by atoms with van der Waals surface area (Å²) in [5.41, 5.74) is 11.9. The fraction of sp³-hybridized carbons (Fsp3) is 0.538. The maximum Gasteiger partial charge on any atom is 0.248 e. The first-order valence-corrected chi connectivity index (χ1v) is 6.45. The van der Waals surface area contributed by atoms with Gasteiger partial charge in [-0.1, -0.05) is 19.3 Å². The summed E-state index contributed by atoms with van der Waals surface area (Å²) in [5.74, 6) is 0.235. The van der Waals surface area contributed by atoms with Gasteiger partial charge in [0.05, 0.1) is 0 Å². The summed E-state index contributed by atoms with van der Waals surface area (Å²) in [7, 11) is 0. The molecule has 1 aromatic rings. The minimum absolute atomic E-state index is 0.145. The zero-order chi connectivity index (χ0) is 13.0. The number of rotatable bonds is 3. The van der Waals surface area contributed by atoms with E-state index in [9.17, 15) is 4.79 Å². The van der Waals surface area contributed by atoms with Crippen LogP contribution in [-0.2, 0) is 0 Å². The van der Waals surface area contributed by atoms with E-state index in [2.05, 4.69) is 10.3 Å². The van der Waals surface area contributed by atoms with Crippen LogP contribution in [0.3, 0.4) is 0 Å². The van der Waals surface area contributed by atoms with Crippen LogP contribution >= 0.6 is 0 Å². The molecule has 1 aromatic heterocycles. The molecule has 1 fully saturated rings. The summed E-state index contributed by atoms with van der Waals surface area (Å²) in [6.45, 7) is 0. The van der Waals surface area contributed by atoms with E-state index in [1.54, 1.807) is 18.3 Å². The van der Waals surface area contributed by atoms with E-state index in [1.807, 2.05) is 0 Å². The Hall–Kier alpha value is -1.62. The van der Waals surface area contributed by atoms with Crippen LogP contribution in [0.2, 0.25) is 0 Å². The number of carbonyl (C=O) groups is 1. The first-order chi connectivity index (χ1) is 8.66.